The second kappa shape index (κ2) is 12.4. The molecule has 13 rings (SSSR count). The minimum atomic E-state index is -0.172. The van der Waals surface area contributed by atoms with Crippen molar-refractivity contribution in [1.82, 2.24) is 0 Å². The smallest absolute Gasteiger partial charge is 0.0433 e. The molecule has 61 heavy (non-hydrogen) atoms. The van der Waals surface area contributed by atoms with E-state index in [1.807, 2.05) is 11.3 Å². The maximum absolute atomic E-state index is 2.51. The molecule has 0 N–H and O–H groups in total. The fraction of sp³-hybridized carbons (Fsp3) is 0.100. The largest absolute Gasteiger partial charge is 0.135 e. The van der Waals surface area contributed by atoms with Crippen LogP contribution in [0.4, 0.5) is 0 Å². The second-order valence-electron chi connectivity index (χ2n) is 18.4. The van der Waals surface area contributed by atoms with E-state index < -0.39 is 0 Å². The second-order valence-corrected chi connectivity index (χ2v) is 19.4. The molecule has 0 bridgehead atoms. The average molecular weight is 795 g/mol. The molecule has 0 nitrogen and oxygen atoms in total. The van der Waals surface area contributed by atoms with E-state index in [-0.39, 0.29) is 10.8 Å². The number of rotatable bonds is 3. The van der Waals surface area contributed by atoms with Gasteiger partial charge in [0, 0.05) is 31.0 Å². The summed E-state index contributed by atoms with van der Waals surface area (Å²) in [6, 6.07) is 69.0. The normalized spacial score (nSPS) is 14.5. The summed E-state index contributed by atoms with van der Waals surface area (Å²) in [4.78, 5) is 0. The highest BCUT2D eigenvalue weighted by Gasteiger charge is 2.38. The first-order valence-corrected chi connectivity index (χ1v) is 22.4. The zero-order chi connectivity index (χ0) is 40.8. The zero-order valence-electron chi connectivity index (χ0n) is 34.7. The lowest BCUT2D eigenvalue weighted by atomic mass is 9.79. The third kappa shape index (κ3) is 4.81. The first kappa shape index (κ1) is 35.0. The van der Waals surface area contributed by atoms with Gasteiger partial charge in [-0.3, -0.25) is 0 Å². The zero-order valence-corrected chi connectivity index (χ0v) is 35.5. The molecule has 0 fully saturated rings. The van der Waals surface area contributed by atoms with Gasteiger partial charge in [-0.1, -0.05) is 173 Å². The van der Waals surface area contributed by atoms with Crippen LogP contribution in [0.25, 0.3) is 108 Å². The van der Waals surface area contributed by atoms with Gasteiger partial charge in [-0.05, 0) is 147 Å². The number of thiophene rings is 1. The molecule has 0 unspecified atom stereocenters. The molecule has 0 saturated carbocycles. The van der Waals surface area contributed by atoms with Crippen molar-refractivity contribution in [3.05, 3.63) is 204 Å². The highest BCUT2D eigenvalue weighted by atomic mass is 32.1. The van der Waals surface area contributed by atoms with E-state index in [4.69, 9.17) is 0 Å². The van der Waals surface area contributed by atoms with Crippen molar-refractivity contribution in [1.29, 1.82) is 0 Å². The maximum atomic E-state index is 2.51. The van der Waals surface area contributed by atoms with E-state index in [9.17, 15) is 0 Å². The fourth-order valence-corrected chi connectivity index (χ4v) is 12.6. The fourth-order valence-electron chi connectivity index (χ4n) is 11.4. The molecule has 2 aliphatic rings. The van der Waals surface area contributed by atoms with Gasteiger partial charge in [-0.25, -0.2) is 0 Å². The van der Waals surface area contributed by atoms with E-state index in [2.05, 4.69) is 210 Å². The predicted molar refractivity (Wildman–Crippen MR) is 263 cm³/mol. The summed E-state index contributed by atoms with van der Waals surface area (Å²) in [7, 11) is 0. The van der Waals surface area contributed by atoms with Crippen LogP contribution in [0.1, 0.15) is 49.9 Å². The van der Waals surface area contributed by atoms with Crippen LogP contribution in [0.15, 0.2) is 182 Å². The molecule has 0 spiro atoms. The van der Waals surface area contributed by atoms with Crippen molar-refractivity contribution in [2.75, 3.05) is 0 Å². The Balaban J connectivity index is 0.917. The van der Waals surface area contributed by atoms with Gasteiger partial charge >= 0.3 is 0 Å². The molecular weight excluding hydrogens is 753 g/mol. The number of hydrogen-bond donors (Lipinski definition) is 0. The first-order valence-electron chi connectivity index (χ1n) is 21.6. The lowest BCUT2D eigenvalue weighted by Crippen LogP contribution is -2.15. The summed E-state index contributed by atoms with van der Waals surface area (Å²) in [5, 5.41) is 10.6. The van der Waals surface area contributed by atoms with Crippen molar-refractivity contribution in [3.63, 3.8) is 0 Å². The van der Waals surface area contributed by atoms with Crippen LogP contribution in [0.3, 0.4) is 0 Å². The van der Waals surface area contributed by atoms with Crippen LogP contribution in [-0.2, 0) is 10.8 Å². The van der Waals surface area contributed by atoms with Crippen LogP contribution >= 0.6 is 11.3 Å². The average Bonchev–Trinajstić information content (AvgIpc) is 3.86. The maximum Gasteiger partial charge on any atom is 0.0433 e. The molecule has 0 saturated heterocycles. The molecule has 0 amide bonds. The summed E-state index contributed by atoms with van der Waals surface area (Å²) in [5.74, 6) is 0. The Morgan fingerprint density at radius 3 is 1.51 bits per heavy atom. The minimum absolute atomic E-state index is 0.0893. The molecule has 0 radical (unpaired) electrons. The predicted octanol–water partition coefficient (Wildman–Crippen LogP) is 17.1. The van der Waals surface area contributed by atoms with Crippen molar-refractivity contribution in [3.8, 4) is 55.6 Å². The van der Waals surface area contributed by atoms with E-state index in [0.717, 1.165) is 0 Å². The van der Waals surface area contributed by atoms with Crippen LogP contribution < -0.4 is 0 Å². The molecule has 1 aromatic heterocycles. The van der Waals surface area contributed by atoms with Gasteiger partial charge in [0.15, 0.2) is 0 Å². The number of hydrogen-bond acceptors (Lipinski definition) is 1. The lowest BCUT2D eigenvalue weighted by Gasteiger charge is -2.24. The van der Waals surface area contributed by atoms with Crippen molar-refractivity contribution < 1.29 is 0 Å². The molecule has 10 aromatic carbocycles. The summed E-state index contributed by atoms with van der Waals surface area (Å²) >= 11 is 1.92. The minimum Gasteiger partial charge on any atom is -0.135 e. The van der Waals surface area contributed by atoms with Crippen LogP contribution in [-0.4, -0.2) is 0 Å². The molecular formula is C60H42S. The molecule has 288 valence electrons. The van der Waals surface area contributed by atoms with Gasteiger partial charge in [0.2, 0.25) is 0 Å². The van der Waals surface area contributed by atoms with Crippen molar-refractivity contribution in [2.24, 2.45) is 0 Å². The molecule has 1 heterocycles. The molecule has 2 aliphatic carbocycles. The number of benzene rings is 10. The van der Waals surface area contributed by atoms with Gasteiger partial charge in [-0.15, -0.1) is 11.3 Å². The Bertz CT molecular complexity index is 3630. The Labute approximate surface area is 360 Å². The van der Waals surface area contributed by atoms with Gasteiger partial charge in [0.05, 0.1) is 0 Å². The topological polar surface area (TPSA) is 0 Å². The molecule has 0 atom stereocenters. The van der Waals surface area contributed by atoms with Crippen LogP contribution in [0.2, 0.25) is 0 Å². The summed E-state index contributed by atoms with van der Waals surface area (Å²) in [5.41, 5.74) is 18.5. The Morgan fingerprint density at radius 1 is 0.311 bits per heavy atom. The van der Waals surface area contributed by atoms with Gasteiger partial charge in [0.25, 0.3) is 0 Å². The van der Waals surface area contributed by atoms with Crippen LogP contribution in [0, 0.1) is 0 Å². The third-order valence-corrected chi connectivity index (χ3v) is 15.7. The third-order valence-electron chi connectivity index (χ3n) is 14.4. The van der Waals surface area contributed by atoms with Gasteiger partial charge < -0.3 is 0 Å². The SMILES string of the molecule is CC1(C)c2cc(-c3ccc4c(c3)-c3cc5ccc6c7ccccc7sc6c5cc3C4(C)C)ccc2-c2ccc(-c3c4ccccc4c(-c4ccccc4)c4ccccc34)cc21. The summed E-state index contributed by atoms with van der Waals surface area (Å²) in [6.45, 7) is 9.64. The Kier molecular flexibility index (Phi) is 7.11. The molecule has 1 heteroatoms. The highest BCUT2D eigenvalue weighted by Crippen LogP contribution is 2.55. The number of fused-ring (bicyclic) bond motifs is 13. The quantitative estimate of drug-likeness (QED) is 0.156. The standard InChI is InChI=1S/C60H42S/c1-59(2)51-29-25-36(30-49(51)50-31-38-23-28-47-42-16-12-13-21-55(42)61-58(47)48(38)34-54(50)59)37-22-26-40-41-27-24-39(33-53(41)60(3,4)52(40)32-37)57-45-19-10-8-17-43(45)56(35-14-6-5-7-15-35)44-18-9-11-20-46(44)57/h5-34H,1-4H3. The molecule has 0 aliphatic heterocycles. The highest BCUT2D eigenvalue weighted by molar-refractivity contribution is 7.26. The van der Waals surface area contributed by atoms with E-state index >= 15 is 0 Å². The van der Waals surface area contributed by atoms with Crippen molar-refractivity contribution >= 4 is 63.8 Å². The van der Waals surface area contributed by atoms with Crippen LogP contribution in [0.5, 0.6) is 0 Å². The Morgan fingerprint density at radius 2 is 0.820 bits per heavy atom. The van der Waals surface area contributed by atoms with Gasteiger partial charge in [-0.2, -0.15) is 0 Å². The van der Waals surface area contributed by atoms with E-state index in [1.165, 1.54) is 130 Å². The summed E-state index contributed by atoms with van der Waals surface area (Å²) < 4.78 is 2.75. The first-order chi connectivity index (χ1) is 29.8. The van der Waals surface area contributed by atoms with E-state index in [1.54, 1.807) is 0 Å². The Hall–Kier alpha value is -6.80. The van der Waals surface area contributed by atoms with Gasteiger partial charge in [0.1, 0.15) is 0 Å². The summed E-state index contributed by atoms with van der Waals surface area (Å²) in [6.07, 6.45) is 0. The molecule has 11 aromatic rings. The monoisotopic (exact) mass is 794 g/mol. The van der Waals surface area contributed by atoms with E-state index in [0.29, 0.717) is 0 Å². The van der Waals surface area contributed by atoms with Crippen molar-refractivity contribution in [2.45, 2.75) is 38.5 Å². The lowest BCUT2D eigenvalue weighted by molar-refractivity contribution is 0.660.